The zero-order valence-electron chi connectivity index (χ0n) is 35.9. The third-order valence-corrected chi connectivity index (χ3v) is 24.2. The molecule has 10 aromatic carbocycles. The van der Waals surface area contributed by atoms with Crippen LogP contribution in [-0.2, 0) is 23.6 Å². The van der Waals surface area contributed by atoms with Crippen molar-refractivity contribution in [1.82, 2.24) is 0 Å². The quantitative estimate of drug-likeness (QED) is 0.161. The summed E-state index contributed by atoms with van der Waals surface area (Å²) in [6, 6.07) is 67.9. The molecule has 6 nitrogen and oxygen atoms in total. The third-order valence-electron chi connectivity index (χ3n) is 14.5. The maximum Gasteiger partial charge on any atom is 0.139 e. The van der Waals surface area contributed by atoms with Gasteiger partial charge in [-0.15, -0.1) is 0 Å². The molecule has 10 aromatic rings. The van der Waals surface area contributed by atoms with Crippen molar-refractivity contribution in [2.24, 2.45) is 0 Å². The Kier molecular flexibility index (Phi) is 7.28. The van der Waals surface area contributed by atoms with Crippen LogP contribution in [0.25, 0.3) is 10.8 Å². The smallest absolute Gasteiger partial charge is 0.139 e. The number of rotatable bonds is 4. The Morgan fingerprint density at radius 3 is 0.971 bits per heavy atom. The summed E-state index contributed by atoms with van der Waals surface area (Å²) in [7, 11) is 0. The monoisotopic (exact) mass is 944 g/mol. The van der Waals surface area contributed by atoms with Gasteiger partial charge in [0.25, 0.3) is 0 Å². The molecule has 16 rings (SSSR count). The minimum absolute atomic E-state index is 0.782. The van der Waals surface area contributed by atoms with Crippen LogP contribution in [0.1, 0.15) is 0 Å². The number of para-hydroxylation sites is 4. The second kappa shape index (κ2) is 13.2. The topological polar surface area (TPSA) is 31.4 Å². The molecule has 2 atom stereocenters. The van der Waals surface area contributed by atoms with Crippen LogP contribution in [0.4, 0.5) is 68.2 Å². The molecule has 320 valence electrons. The molecule has 6 heterocycles. The first-order chi connectivity index (χ1) is 33.5. The van der Waals surface area contributed by atoms with E-state index in [9.17, 15) is 0 Å². The van der Waals surface area contributed by atoms with Crippen molar-refractivity contribution >= 4 is 147 Å². The van der Waals surface area contributed by atoms with Gasteiger partial charge >= 0.3 is 0 Å². The van der Waals surface area contributed by atoms with E-state index in [0.29, 0.717) is 0 Å². The van der Waals surface area contributed by atoms with Crippen LogP contribution in [0.3, 0.4) is 0 Å². The molecule has 2 unspecified atom stereocenters. The number of ether oxygens (including phenoxy) is 2. The zero-order valence-corrected chi connectivity index (χ0v) is 39.4. The summed E-state index contributed by atoms with van der Waals surface area (Å²) in [5, 5.41) is 8.70. The Bertz CT molecular complexity index is 3770. The molecule has 0 radical (unpaired) electrons. The van der Waals surface area contributed by atoms with E-state index in [1.807, 2.05) is 0 Å². The summed E-state index contributed by atoms with van der Waals surface area (Å²) in [5.41, 5.74) is 12.7. The highest BCUT2D eigenvalue weighted by Gasteiger charge is 2.55. The highest BCUT2D eigenvalue weighted by molar-refractivity contribution is 8.27. The van der Waals surface area contributed by atoms with E-state index in [2.05, 4.69) is 226 Å². The van der Waals surface area contributed by atoms with Crippen molar-refractivity contribution in [3.8, 4) is 23.0 Å². The third kappa shape index (κ3) is 4.46. The number of hydrogen-bond acceptors (Lipinski definition) is 8. The molecule has 0 bridgehead atoms. The van der Waals surface area contributed by atoms with E-state index in [-0.39, 0.29) is 0 Å². The van der Waals surface area contributed by atoms with Gasteiger partial charge in [-0.3, -0.25) is 0 Å². The largest absolute Gasteiger partial charge is 0.456 e. The maximum absolute atomic E-state index is 7.56. The van der Waals surface area contributed by atoms with Gasteiger partial charge in [-0.2, -0.15) is 0 Å². The van der Waals surface area contributed by atoms with Gasteiger partial charge in [0.15, 0.2) is 0 Å². The van der Waals surface area contributed by atoms with Gasteiger partial charge < -0.3 is 29.1 Å². The molecule has 0 saturated carbocycles. The molecule has 0 fully saturated rings. The molecule has 0 amide bonds. The van der Waals surface area contributed by atoms with Crippen LogP contribution in [0.2, 0.25) is 0 Å². The number of benzene rings is 10. The maximum atomic E-state index is 7.56. The molecule has 0 aromatic heterocycles. The summed E-state index contributed by atoms with van der Waals surface area (Å²) < 4.78 is 14.6. The number of hydrogen-bond donors (Lipinski definition) is 0. The lowest BCUT2D eigenvalue weighted by Gasteiger charge is -2.51. The fourth-order valence-corrected chi connectivity index (χ4v) is 22.4. The van der Waals surface area contributed by atoms with Crippen molar-refractivity contribution < 1.29 is 9.47 Å². The predicted molar refractivity (Wildman–Crippen MR) is 289 cm³/mol. The van der Waals surface area contributed by atoms with Crippen LogP contribution in [0.15, 0.2) is 206 Å². The van der Waals surface area contributed by atoms with Crippen LogP contribution >= 0.6 is 12.1 Å². The fourth-order valence-electron chi connectivity index (χ4n) is 12.1. The average Bonchev–Trinajstić information content (AvgIpc) is 3.37. The lowest BCUT2D eigenvalue weighted by molar-refractivity contribution is 0.488. The van der Waals surface area contributed by atoms with Gasteiger partial charge in [0.2, 0.25) is 0 Å². The first-order valence-electron chi connectivity index (χ1n) is 22.7. The van der Waals surface area contributed by atoms with Crippen molar-refractivity contribution in [1.29, 1.82) is 0 Å². The number of nitrogens with zero attached hydrogens (tertiary/aromatic N) is 4. The molecule has 0 spiro atoms. The van der Waals surface area contributed by atoms with E-state index in [1.54, 1.807) is 0 Å². The van der Waals surface area contributed by atoms with E-state index in [1.165, 1.54) is 10.6 Å². The summed E-state index contributed by atoms with van der Waals surface area (Å²) in [5.74, 6) is 3.18. The van der Waals surface area contributed by atoms with Crippen LogP contribution in [0, 0.1) is 0 Å². The predicted octanol–water partition coefficient (Wildman–Crippen LogP) is 13.7. The fraction of sp³-hybridized carbons (Fsp3) is 0. The zero-order chi connectivity index (χ0) is 44.6. The van der Waals surface area contributed by atoms with E-state index >= 15 is 0 Å². The minimum Gasteiger partial charge on any atom is -0.456 e. The lowest BCUT2D eigenvalue weighted by atomic mass is 9.99. The molecule has 68 heavy (non-hydrogen) atoms. The molecule has 0 N–H and O–H groups in total. The van der Waals surface area contributed by atoms with Crippen LogP contribution < -0.4 is 60.9 Å². The van der Waals surface area contributed by atoms with Crippen LogP contribution in [-0.4, -0.2) is 0 Å². The molecular weight excluding hydrogens is 911 g/mol. The van der Waals surface area contributed by atoms with E-state index < -0.39 is 12.1 Å². The van der Waals surface area contributed by atoms with Gasteiger partial charge in [-0.05, 0) is 115 Å². The minimum atomic E-state index is -2.88. The Morgan fingerprint density at radius 1 is 0.294 bits per heavy atom. The summed E-state index contributed by atoms with van der Waals surface area (Å²) >= 11 is 15.1. The van der Waals surface area contributed by atoms with Gasteiger partial charge in [0.05, 0.1) is 78.8 Å². The molecular formula is C58H34N4O2P2S2. The average molecular weight is 945 g/mol. The van der Waals surface area contributed by atoms with Gasteiger partial charge in [0.1, 0.15) is 23.0 Å². The number of fused-ring (bicyclic) bond motifs is 3. The van der Waals surface area contributed by atoms with Gasteiger partial charge in [-0.25, -0.2) is 0 Å². The van der Waals surface area contributed by atoms with Gasteiger partial charge in [-0.1, -0.05) is 121 Å². The summed E-state index contributed by atoms with van der Waals surface area (Å²) in [6.07, 6.45) is 0. The van der Waals surface area contributed by atoms with Crippen molar-refractivity contribution in [3.05, 3.63) is 206 Å². The summed E-state index contributed by atoms with van der Waals surface area (Å²) in [4.78, 5) is 9.72. The Hall–Kier alpha value is -7.44. The van der Waals surface area contributed by atoms with Crippen molar-refractivity contribution in [2.75, 3.05) is 19.6 Å². The van der Waals surface area contributed by atoms with E-state index in [4.69, 9.17) is 33.1 Å². The SMILES string of the molecule is S=P12c3c4cccc3N(c3ccccc3)c3cccc(c31)N(c1ccccc1)c1c2c(cc2cc3c5c(c12)N(c1ccccc1)c1cccc2c1P5(=S)c1c(cccc1N2c1ccccc1)O3)O4. The molecule has 0 aliphatic carbocycles. The highest BCUT2D eigenvalue weighted by Crippen LogP contribution is 2.71. The normalized spacial score (nSPS) is 18.6. The van der Waals surface area contributed by atoms with E-state index in [0.717, 1.165) is 123 Å². The highest BCUT2D eigenvalue weighted by atomic mass is 32.4. The summed E-state index contributed by atoms with van der Waals surface area (Å²) in [6.45, 7) is 0. The first-order valence-corrected chi connectivity index (χ1v) is 28.3. The molecule has 10 heteroatoms. The van der Waals surface area contributed by atoms with Crippen molar-refractivity contribution in [3.63, 3.8) is 0 Å². The molecule has 6 aliphatic rings. The van der Waals surface area contributed by atoms with Crippen molar-refractivity contribution in [2.45, 2.75) is 0 Å². The Morgan fingerprint density at radius 2 is 0.603 bits per heavy atom. The first kappa shape index (κ1) is 37.6. The second-order valence-electron chi connectivity index (χ2n) is 17.9. The molecule has 6 aliphatic heterocycles. The number of anilines is 12. The Balaban J connectivity index is 1.10. The van der Waals surface area contributed by atoms with Gasteiger partial charge in [0, 0.05) is 38.7 Å². The second-order valence-corrected chi connectivity index (χ2v) is 26.3. The lowest BCUT2D eigenvalue weighted by Crippen LogP contribution is -2.46. The Labute approximate surface area is 402 Å². The standard InChI is InChI=1S/C58H34N4O2P2S2/c67-65-53-40-25-13-27-42(53)61(38-21-9-3-10-22-38)51-50-35(33-48(57(51)65)63-46-31-15-29-44(55(46)65)59(40)36-17-5-1-6-18-36)34-49-58-52(50)62(39-23-11-4-12-24-39)43-28-14-26-41-54(43)66(58,68)56-45(30-16-32-47(56)64-49)60(41)37-19-7-2-8-20-37/h1-34H. The molecule has 0 saturated heterocycles. The van der Waals surface area contributed by atoms with Crippen LogP contribution in [0.5, 0.6) is 23.0 Å².